The molecule has 2 aliphatic carbocycles. The Balaban J connectivity index is 1.65. The van der Waals surface area contributed by atoms with Crippen molar-refractivity contribution in [2.75, 3.05) is 7.11 Å². The second-order valence-electron chi connectivity index (χ2n) is 5.85. The molecular weight excluding hydrogens is 252 g/mol. The molecule has 0 N–H and O–H groups in total. The van der Waals surface area contributed by atoms with E-state index in [1.54, 1.807) is 0 Å². The molecule has 2 bridgehead atoms. The van der Waals surface area contributed by atoms with E-state index in [9.17, 15) is 9.59 Å². The van der Waals surface area contributed by atoms with Gasteiger partial charge < -0.3 is 18.9 Å². The fourth-order valence-electron chi connectivity index (χ4n) is 4.71. The lowest BCUT2D eigenvalue weighted by molar-refractivity contribution is -0.231. The number of esters is 2. The fraction of sp³-hybridized carbons (Fsp3) is 0.846. The number of fused-ring (bicyclic) bond motifs is 2. The Morgan fingerprint density at radius 2 is 1.95 bits per heavy atom. The largest absolute Gasteiger partial charge is 0.469 e. The summed E-state index contributed by atoms with van der Waals surface area (Å²) in [6.45, 7) is 1.37. The number of carbonyl (C=O) groups excluding carboxylic acids is 2. The zero-order chi connectivity index (χ0) is 13.3. The van der Waals surface area contributed by atoms with E-state index in [0.29, 0.717) is 5.92 Å². The van der Waals surface area contributed by atoms with E-state index < -0.39 is 6.29 Å². The molecule has 2 saturated heterocycles. The van der Waals surface area contributed by atoms with Gasteiger partial charge >= 0.3 is 11.9 Å². The van der Waals surface area contributed by atoms with Crippen LogP contribution in [0.2, 0.25) is 0 Å². The van der Waals surface area contributed by atoms with Gasteiger partial charge in [0.1, 0.15) is 0 Å². The highest BCUT2D eigenvalue weighted by Gasteiger charge is 2.73. The van der Waals surface area contributed by atoms with Crippen molar-refractivity contribution < 1.29 is 28.5 Å². The normalized spacial score (nSPS) is 52.5. The maximum atomic E-state index is 11.9. The number of hydrogen-bond donors (Lipinski definition) is 0. The van der Waals surface area contributed by atoms with Crippen molar-refractivity contribution in [1.29, 1.82) is 0 Å². The van der Waals surface area contributed by atoms with Crippen LogP contribution in [0.3, 0.4) is 0 Å². The van der Waals surface area contributed by atoms with E-state index in [1.807, 2.05) is 0 Å². The van der Waals surface area contributed by atoms with E-state index in [1.165, 1.54) is 14.0 Å². The Bertz CT molecular complexity index is 448. The number of hydrogen-bond acceptors (Lipinski definition) is 6. The number of rotatable bonds is 2. The second kappa shape index (κ2) is 3.70. The Kier molecular flexibility index (Phi) is 2.27. The first kappa shape index (κ1) is 11.7. The van der Waals surface area contributed by atoms with Crippen LogP contribution in [0.1, 0.15) is 13.3 Å². The Labute approximate surface area is 110 Å². The molecule has 4 rings (SSSR count). The van der Waals surface area contributed by atoms with Crippen molar-refractivity contribution in [2.45, 2.75) is 32.0 Å². The molecule has 1 unspecified atom stereocenters. The van der Waals surface area contributed by atoms with Gasteiger partial charge in [-0.1, -0.05) is 0 Å². The predicted molar refractivity (Wildman–Crippen MR) is 59.4 cm³/mol. The van der Waals surface area contributed by atoms with Gasteiger partial charge in [-0.3, -0.25) is 9.59 Å². The summed E-state index contributed by atoms with van der Waals surface area (Å²) in [6, 6.07) is 0. The van der Waals surface area contributed by atoms with Crippen molar-refractivity contribution in [3.63, 3.8) is 0 Å². The first-order valence-corrected chi connectivity index (χ1v) is 6.68. The van der Waals surface area contributed by atoms with Crippen LogP contribution in [0.15, 0.2) is 0 Å². The lowest BCUT2D eigenvalue weighted by Crippen LogP contribution is -2.42. The second-order valence-corrected chi connectivity index (χ2v) is 5.85. The summed E-state index contributed by atoms with van der Waals surface area (Å²) in [5.74, 6) is 0.00293. The molecule has 6 heteroatoms. The highest BCUT2D eigenvalue weighted by atomic mass is 16.8. The minimum atomic E-state index is -0.573. The Hall–Kier alpha value is -1.14. The highest BCUT2D eigenvalue weighted by Crippen LogP contribution is 2.66. The number of methoxy groups -OCH3 is 1. The van der Waals surface area contributed by atoms with Gasteiger partial charge in [0.2, 0.25) is 6.29 Å². The number of ether oxygens (including phenoxy) is 4. The van der Waals surface area contributed by atoms with E-state index >= 15 is 0 Å². The Morgan fingerprint density at radius 3 is 2.63 bits per heavy atom. The van der Waals surface area contributed by atoms with E-state index in [2.05, 4.69) is 0 Å². The monoisotopic (exact) mass is 268 g/mol. The van der Waals surface area contributed by atoms with Crippen molar-refractivity contribution in [2.24, 2.45) is 29.6 Å². The molecule has 0 amide bonds. The summed E-state index contributed by atoms with van der Waals surface area (Å²) in [6.07, 6.45) is -0.0425. The van der Waals surface area contributed by atoms with Crippen LogP contribution >= 0.6 is 0 Å². The molecule has 6 nitrogen and oxygen atoms in total. The van der Waals surface area contributed by atoms with E-state index in [0.717, 1.165) is 6.42 Å². The molecule has 8 atom stereocenters. The summed E-state index contributed by atoms with van der Waals surface area (Å²) in [4.78, 5) is 23.1. The molecule has 0 aromatic heterocycles. The van der Waals surface area contributed by atoms with Gasteiger partial charge in [-0.2, -0.15) is 0 Å². The third-order valence-corrected chi connectivity index (χ3v) is 5.16. The first-order valence-electron chi connectivity index (χ1n) is 6.68. The van der Waals surface area contributed by atoms with Crippen LogP contribution in [-0.4, -0.2) is 37.7 Å². The molecule has 0 spiro atoms. The zero-order valence-corrected chi connectivity index (χ0v) is 10.8. The van der Waals surface area contributed by atoms with Gasteiger partial charge in [-0.25, -0.2) is 0 Å². The van der Waals surface area contributed by atoms with E-state index in [-0.39, 0.29) is 48.0 Å². The minimum Gasteiger partial charge on any atom is -0.469 e. The highest BCUT2D eigenvalue weighted by molar-refractivity contribution is 5.74. The molecule has 0 radical (unpaired) electrons. The molecule has 2 saturated carbocycles. The van der Waals surface area contributed by atoms with E-state index in [4.69, 9.17) is 18.9 Å². The average Bonchev–Trinajstić information content (AvgIpc) is 3.00. The van der Waals surface area contributed by atoms with Crippen LogP contribution in [0.25, 0.3) is 0 Å². The maximum Gasteiger partial charge on any atom is 0.311 e. The summed E-state index contributed by atoms with van der Waals surface area (Å²) in [7, 11) is 1.40. The summed E-state index contributed by atoms with van der Waals surface area (Å²) in [5.41, 5.74) is 0. The third-order valence-electron chi connectivity index (χ3n) is 5.16. The Morgan fingerprint density at radius 1 is 1.16 bits per heavy atom. The van der Waals surface area contributed by atoms with Gasteiger partial charge in [-0.15, -0.1) is 0 Å². The van der Waals surface area contributed by atoms with Gasteiger partial charge in [0.05, 0.1) is 19.1 Å². The number of carbonyl (C=O) groups is 2. The lowest BCUT2D eigenvalue weighted by Gasteiger charge is -2.32. The van der Waals surface area contributed by atoms with Crippen molar-refractivity contribution >= 4 is 11.9 Å². The molecule has 4 fully saturated rings. The fourth-order valence-corrected chi connectivity index (χ4v) is 4.71. The summed E-state index contributed by atoms with van der Waals surface area (Å²) >= 11 is 0. The molecule has 4 aliphatic rings. The molecule has 104 valence electrons. The van der Waals surface area contributed by atoms with Gasteiger partial charge in [0.15, 0.2) is 6.29 Å². The van der Waals surface area contributed by atoms with Crippen molar-refractivity contribution in [3.05, 3.63) is 0 Å². The smallest absolute Gasteiger partial charge is 0.311 e. The molecule has 0 aromatic carbocycles. The molecule has 2 aliphatic heterocycles. The summed E-state index contributed by atoms with van der Waals surface area (Å²) in [5, 5.41) is 0. The van der Waals surface area contributed by atoms with Crippen molar-refractivity contribution in [1.82, 2.24) is 0 Å². The molecule has 19 heavy (non-hydrogen) atoms. The first-order chi connectivity index (χ1) is 9.11. The quantitative estimate of drug-likeness (QED) is 0.671. The van der Waals surface area contributed by atoms with Gasteiger partial charge in [0, 0.05) is 18.8 Å². The van der Waals surface area contributed by atoms with Crippen LogP contribution in [0.4, 0.5) is 0 Å². The topological polar surface area (TPSA) is 71.1 Å². The van der Waals surface area contributed by atoms with Gasteiger partial charge in [0.25, 0.3) is 0 Å². The van der Waals surface area contributed by atoms with Crippen LogP contribution in [0, 0.1) is 29.6 Å². The van der Waals surface area contributed by atoms with Gasteiger partial charge in [-0.05, 0) is 18.3 Å². The molecular formula is C13H16O6. The zero-order valence-electron chi connectivity index (χ0n) is 10.8. The van der Waals surface area contributed by atoms with Crippen molar-refractivity contribution in [3.8, 4) is 0 Å². The molecule has 0 aromatic rings. The SMILES string of the molecule is COC(=O)[C@@H]1C2O[C@H]3O[C@H](OC(C)=O)[C@@H]4[C@@H]1C[C@@H]2[C@@H]34. The summed E-state index contributed by atoms with van der Waals surface area (Å²) < 4.78 is 21.7. The third kappa shape index (κ3) is 1.33. The standard InChI is InChI=1S/C13H16O6/c1-4(14)17-12-7-5-3-6-8(7)13(19-12)18-10(6)9(5)11(15)16-2/h5-10,12-13H,3H2,1-2H3/t5-,6+,7+,8+,9-,10?,12-,13-/m0/s1. The lowest BCUT2D eigenvalue weighted by atomic mass is 9.75. The van der Waals surface area contributed by atoms with Crippen LogP contribution < -0.4 is 0 Å². The molecule has 2 heterocycles. The van der Waals surface area contributed by atoms with Crippen LogP contribution in [-0.2, 0) is 28.5 Å². The minimum absolute atomic E-state index is 0.0711. The predicted octanol–water partition coefficient (Wildman–Crippen LogP) is 0.302. The maximum absolute atomic E-state index is 11.9. The average molecular weight is 268 g/mol. The van der Waals surface area contributed by atoms with Crippen LogP contribution in [0.5, 0.6) is 0 Å².